The predicted molar refractivity (Wildman–Crippen MR) is 77.6 cm³/mol. The van der Waals surface area contributed by atoms with Crippen LogP contribution in [0.15, 0.2) is 0 Å². The Labute approximate surface area is 109 Å². The summed E-state index contributed by atoms with van der Waals surface area (Å²) in [6, 6.07) is 0. The summed E-state index contributed by atoms with van der Waals surface area (Å²) in [4.78, 5) is 0. The zero-order chi connectivity index (χ0) is 13.1. The molecule has 1 atom stereocenters. The van der Waals surface area contributed by atoms with Gasteiger partial charge in [0.25, 0.3) is 0 Å². The van der Waals surface area contributed by atoms with E-state index in [9.17, 15) is 0 Å². The maximum absolute atomic E-state index is 6.02. The van der Waals surface area contributed by atoms with Crippen molar-refractivity contribution in [2.24, 2.45) is 0 Å². The molecule has 3 heteroatoms. The molecule has 0 radical (unpaired) electrons. The average Bonchev–Trinajstić information content (AvgIpc) is 2.22. The fourth-order valence-corrected chi connectivity index (χ4v) is 3.80. The van der Waals surface area contributed by atoms with E-state index in [1.807, 2.05) is 0 Å². The Hall–Kier alpha value is 0.137. The third-order valence-corrected chi connectivity index (χ3v) is 4.75. The Morgan fingerprint density at radius 3 is 2.18 bits per heavy atom. The van der Waals surface area contributed by atoms with Crippen LogP contribution in [-0.2, 0) is 8.85 Å². The summed E-state index contributed by atoms with van der Waals surface area (Å²) in [7, 11) is -1.87. The molecule has 2 nitrogen and oxygen atoms in total. The van der Waals surface area contributed by atoms with Gasteiger partial charge < -0.3 is 8.85 Å². The lowest BCUT2D eigenvalue weighted by atomic mass is 10.2. The monoisotopic (exact) mass is 260 g/mol. The van der Waals surface area contributed by atoms with Crippen LogP contribution < -0.4 is 0 Å². The van der Waals surface area contributed by atoms with Crippen LogP contribution in [0.2, 0.25) is 13.1 Å². The highest BCUT2D eigenvalue weighted by Crippen LogP contribution is 2.14. The van der Waals surface area contributed by atoms with E-state index in [0.717, 1.165) is 13.0 Å². The van der Waals surface area contributed by atoms with Crippen molar-refractivity contribution in [3.63, 3.8) is 0 Å². The number of unbranched alkanes of at least 4 members (excludes halogenated alkanes) is 4. The molecule has 0 aliphatic carbocycles. The maximum Gasteiger partial charge on any atom is 0.331 e. The summed E-state index contributed by atoms with van der Waals surface area (Å²) in [6.07, 6.45) is 9.14. The fourth-order valence-electron chi connectivity index (χ4n) is 2.01. The molecule has 0 aliphatic rings. The molecule has 104 valence electrons. The second-order valence-electron chi connectivity index (χ2n) is 5.38. The molecule has 0 spiro atoms. The third-order valence-electron chi connectivity index (χ3n) is 2.88. The van der Waals surface area contributed by atoms with Gasteiger partial charge in [-0.15, -0.1) is 0 Å². The van der Waals surface area contributed by atoms with Crippen LogP contribution in [0.25, 0.3) is 0 Å². The quantitative estimate of drug-likeness (QED) is 0.389. The highest BCUT2D eigenvalue weighted by Gasteiger charge is 2.26. The van der Waals surface area contributed by atoms with Gasteiger partial charge in [0.15, 0.2) is 0 Å². The molecule has 0 rings (SSSR count). The topological polar surface area (TPSA) is 18.5 Å². The number of hydrogen-bond acceptors (Lipinski definition) is 2. The lowest BCUT2D eigenvalue weighted by molar-refractivity contribution is 0.123. The van der Waals surface area contributed by atoms with E-state index >= 15 is 0 Å². The first-order valence-corrected chi connectivity index (χ1v) is 10.1. The highest BCUT2D eigenvalue weighted by atomic mass is 28.4. The van der Waals surface area contributed by atoms with E-state index in [2.05, 4.69) is 33.9 Å². The number of hydrogen-bond donors (Lipinski definition) is 0. The SMILES string of the molecule is CCCCCCCO[Si](C)(C)OC(C)CCC. The average molecular weight is 260 g/mol. The molecule has 0 saturated heterocycles. The lowest BCUT2D eigenvalue weighted by Crippen LogP contribution is -2.38. The van der Waals surface area contributed by atoms with Gasteiger partial charge in [0, 0.05) is 12.7 Å². The zero-order valence-corrected chi connectivity index (χ0v) is 13.6. The second kappa shape index (κ2) is 10.1. The molecule has 0 bridgehead atoms. The maximum atomic E-state index is 6.02. The van der Waals surface area contributed by atoms with Gasteiger partial charge in [-0.3, -0.25) is 0 Å². The van der Waals surface area contributed by atoms with Crippen molar-refractivity contribution in [3.05, 3.63) is 0 Å². The standard InChI is InChI=1S/C14H32O2Si/c1-6-8-9-10-11-13-15-17(4,5)16-14(3)12-7-2/h14H,6-13H2,1-5H3. The molecular weight excluding hydrogens is 228 g/mol. The first kappa shape index (κ1) is 17.1. The Balaban J connectivity index is 3.56. The summed E-state index contributed by atoms with van der Waals surface area (Å²) in [5.74, 6) is 0. The van der Waals surface area contributed by atoms with Crippen molar-refractivity contribution in [2.75, 3.05) is 6.61 Å². The molecule has 0 saturated carbocycles. The van der Waals surface area contributed by atoms with Crippen LogP contribution in [0.1, 0.15) is 65.7 Å². The van der Waals surface area contributed by atoms with Gasteiger partial charge in [-0.1, -0.05) is 46.0 Å². The smallest absolute Gasteiger partial charge is 0.331 e. The third kappa shape index (κ3) is 11.0. The van der Waals surface area contributed by atoms with Crippen molar-refractivity contribution in [3.8, 4) is 0 Å². The summed E-state index contributed by atoms with van der Waals surface area (Å²) in [5.41, 5.74) is 0. The van der Waals surface area contributed by atoms with Crippen LogP contribution in [0.5, 0.6) is 0 Å². The van der Waals surface area contributed by atoms with E-state index in [4.69, 9.17) is 8.85 Å². The van der Waals surface area contributed by atoms with E-state index in [1.54, 1.807) is 0 Å². The summed E-state index contributed by atoms with van der Waals surface area (Å²) >= 11 is 0. The Kier molecular flexibility index (Phi) is 10.2. The van der Waals surface area contributed by atoms with Gasteiger partial charge in [0.05, 0.1) is 0 Å². The minimum Gasteiger partial charge on any atom is -0.395 e. The Morgan fingerprint density at radius 1 is 0.941 bits per heavy atom. The van der Waals surface area contributed by atoms with Crippen LogP contribution in [0.3, 0.4) is 0 Å². The van der Waals surface area contributed by atoms with Gasteiger partial charge in [-0.05, 0) is 32.9 Å². The molecule has 0 N–H and O–H groups in total. The van der Waals surface area contributed by atoms with Gasteiger partial charge in [-0.25, -0.2) is 0 Å². The molecule has 0 aliphatic heterocycles. The first-order valence-electron chi connectivity index (χ1n) is 7.33. The van der Waals surface area contributed by atoms with Crippen LogP contribution >= 0.6 is 0 Å². The van der Waals surface area contributed by atoms with Crippen molar-refractivity contribution in [1.82, 2.24) is 0 Å². The normalized spacial score (nSPS) is 13.9. The van der Waals surface area contributed by atoms with Crippen molar-refractivity contribution in [1.29, 1.82) is 0 Å². The van der Waals surface area contributed by atoms with Crippen molar-refractivity contribution >= 4 is 8.56 Å². The molecule has 1 unspecified atom stereocenters. The lowest BCUT2D eigenvalue weighted by Gasteiger charge is -2.26. The second-order valence-corrected chi connectivity index (χ2v) is 8.70. The van der Waals surface area contributed by atoms with Crippen LogP contribution in [0.4, 0.5) is 0 Å². The molecule has 17 heavy (non-hydrogen) atoms. The molecule has 0 aromatic heterocycles. The zero-order valence-electron chi connectivity index (χ0n) is 12.6. The predicted octanol–water partition coefficient (Wildman–Crippen LogP) is 4.88. The molecule has 0 fully saturated rings. The van der Waals surface area contributed by atoms with Gasteiger partial charge >= 0.3 is 8.56 Å². The minimum absolute atomic E-state index is 0.349. The summed E-state index contributed by atoms with van der Waals surface area (Å²) in [6.45, 7) is 11.8. The van der Waals surface area contributed by atoms with Gasteiger partial charge in [-0.2, -0.15) is 0 Å². The van der Waals surface area contributed by atoms with E-state index in [-0.39, 0.29) is 0 Å². The van der Waals surface area contributed by atoms with E-state index in [0.29, 0.717) is 6.10 Å². The van der Waals surface area contributed by atoms with Crippen LogP contribution in [0, 0.1) is 0 Å². The van der Waals surface area contributed by atoms with Crippen LogP contribution in [-0.4, -0.2) is 21.3 Å². The first-order chi connectivity index (χ1) is 8.02. The Bertz CT molecular complexity index is 172. The van der Waals surface area contributed by atoms with Crippen molar-refractivity contribution in [2.45, 2.75) is 84.9 Å². The molecule has 0 heterocycles. The largest absolute Gasteiger partial charge is 0.395 e. The molecule has 0 aromatic rings. The minimum atomic E-state index is -1.87. The Morgan fingerprint density at radius 2 is 1.59 bits per heavy atom. The molecule has 0 amide bonds. The molecule has 0 aromatic carbocycles. The summed E-state index contributed by atoms with van der Waals surface area (Å²) in [5, 5.41) is 0. The highest BCUT2D eigenvalue weighted by molar-refractivity contribution is 6.64. The number of rotatable bonds is 11. The van der Waals surface area contributed by atoms with E-state index in [1.165, 1.54) is 38.5 Å². The van der Waals surface area contributed by atoms with Gasteiger partial charge in [0.2, 0.25) is 0 Å². The van der Waals surface area contributed by atoms with E-state index < -0.39 is 8.56 Å². The molecular formula is C14H32O2Si. The van der Waals surface area contributed by atoms with Gasteiger partial charge in [0.1, 0.15) is 0 Å². The van der Waals surface area contributed by atoms with Crippen molar-refractivity contribution < 1.29 is 8.85 Å². The fraction of sp³-hybridized carbons (Fsp3) is 1.00. The summed E-state index contributed by atoms with van der Waals surface area (Å²) < 4.78 is 12.0.